The Morgan fingerprint density at radius 3 is 2.60 bits per heavy atom. The maximum atomic E-state index is 11.9. The van der Waals surface area contributed by atoms with Crippen molar-refractivity contribution < 1.29 is 9.53 Å². The first-order chi connectivity index (χ1) is 9.75. The van der Waals surface area contributed by atoms with E-state index in [-0.39, 0.29) is 5.91 Å². The van der Waals surface area contributed by atoms with E-state index in [2.05, 4.69) is 21.2 Å². The first-order valence-corrected chi connectivity index (χ1v) is 7.92. The van der Waals surface area contributed by atoms with Gasteiger partial charge in [0.2, 0.25) is 5.91 Å². The number of nitrogens with zero attached hydrogens (tertiary/aromatic N) is 1. The molecule has 0 saturated carbocycles. The van der Waals surface area contributed by atoms with Crippen molar-refractivity contribution in [2.45, 2.75) is 19.3 Å². The van der Waals surface area contributed by atoms with Crippen LogP contribution in [0.15, 0.2) is 28.7 Å². The lowest BCUT2D eigenvalue weighted by molar-refractivity contribution is -0.131. The van der Waals surface area contributed by atoms with Gasteiger partial charge in [0, 0.05) is 37.1 Å². The van der Waals surface area contributed by atoms with Crippen LogP contribution in [0.4, 0.5) is 0 Å². The molecule has 0 unspecified atom stereocenters. The summed E-state index contributed by atoms with van der Waals surface area (Å²) in [6.45, 7) is 4.18. The number of carbonyl (C=O) groups excluding carboxylic acids is 1. The van der Waals surface area contributed by atoms with Crippen LogP contribution >= 0.6 is 15.9 Å². The fourth-order valence-corrected chi connectivity index (χ4v) is 2.44. The van der Waals surface area contributed by atoms with E-state index in [1.807, 2.05) is 29.2 Å². The summed E-state index contributed by atoms with van der Waals surface area (Å²) in [5.74, 6) is 1.15. The molecule has 0 bridgehead atoms. The summed E-state index contributed by atoms with van der Waals surface area (Å²) >= 11 is 3.39. The zero-order chi connectivity index (χ0) is 14.2. The molecule has 1 heterocycles. The number of benzene rings is 1. The van der Waals surface area contributed by atoms with E-state index in [1.54, 1.807) is 0 Å². The number of nitrogens with one attached hydrogen (secondary N) is 1. The number of hydrogen-bond donors (Lipinski definition) is 1. The molecule has 1 amide bonds. The summed E-state index contributed by atoms with van der Waals surface area (Å²) in [7, 11) is 0. The smallest absolute Gasteiger partial charge is 0.222 e. The van der Waals surface area contributed by atoms with Crippen molar-refractivity contribution in [3.8, 4) is 5.75 Å². The van der Waals surface area contributed by atoms with Gasteiger partial charge in [0.05, 0.1) is 6.61 Å². The van der Waals surface area contributed by atoms with Gasteiger partial charge in [-0.1, -0.05) is 15.9 Å². The molecule has 0 radical (unpaired) electrons. The van der Waals surface area contributed by atoms with Gasteiger partial charge in [0.25, 0.3) is 0 Å². The highest BCUT2D eigenvalue weighted by molar-refractivity contribution is 9.10. The molecule has 1 aliphatic rings. The number of hydrogen-bond acceptors (Lipinski definition) is 3. The number of unbranched alkanes of at least 4 members (excludes halogenated alkanes) is 1. The van der Waals surface area contributed by atoms with Crippen molar-refractivity contribution in [1.82, 2.24) is 10.2 Å². The van der Waals surface area contributed by atoms with E-state index >= 15 is 0 Å². The van der Waals surface area contributed by atoms with Gasteiger partial charge in [-0.3, -0.25) is 4.79 Å². The van der Waals surface area contributed by atoms with Crippen LogP contribution in [0.25, 0.3) is 0 Å². The van der Waals surface area contributed by atoms with Gasteiger partial charge >= 0.3 is 0 Å². The minimum atomic E-state index is 0.273. The number of amides is 1. The largest absolute Gasteiger partial charge is 0.494 e. The normalized spacial score (nSPS) is 15.2. The Balaban J connectivity index is 1.57. The molecule has 0 atom stereocenters. The molecule has 0 aromatic heterocycles. The second-order valence-electron chi connectivity index (χ2n) is 4.89. The second-order valence-corrected chi connectivity index (χ2v) is 5.81. The van der Waals surface area contributed by atoms with Gasteiger partial charge in [-0.2, -0.15) is 0 Å². The average Bonchev–Trinajstić information content (AvgIpc) is 2.49. The lowest BCUT2D eigenvalue weighted by Crippen LogP contribution is -2.46. The SMILES string of the molecule is O=C(CCCCOc1ccc(Br)cc1)N1CCNCC1. The van der Waals surface area contributed by atoms with Crippen molar-refractivity contribution in [2.24, 2.45) is 0 Å². The van der Waals surface area contributed by atoms with E-state index in [1.165, 1.54) is 0 Å². The third-order valence-corrected chi connectivity index (χ3v) is 3.87. The fourth-order valence-electron chi connectivity index (χ4n) is 2.17. The summed E-state index contributed by atoms with van der Waals surface area (Å²) in [5.41, 5.74) is 0. The molecule has 1 N–H and O–H groups in total. The Hall–Kier alpha value is -1.07. The van der Waals surface area contributed by atoms with Gasteiger partial charge < -0.3 is 15.0 Å². The molecule has 0 aliphatic carbocycles. The molecular weight excluding hydrogens is 320 g/mol. The Bertz CT molecular complexity index is 416. The summed E-state index contributed by atoms with van der Waals surface area (Å²) in [6, 6.07) is 7.80. The molecule has 20 heavy (non-hydrogen) atoms. The van der Waals surface area contributed by atoms with Crippen LogP contribution in [0.2, 0.25) is 0 Å². The number of piperazine rings is 1. The third kappa shape index (κ3) is 5.13. The van der Waals surface area contributed by atoms with Gasteiger partial charge in [-0.25, -0.2) is 0 Å². The Morgan fingerprint density at radius 2 is 1.90 bits per heavy atom. The molecule has 1 aromatic rings. The summed E-state index contributed by atoms with van der Waals surface area (Å²) in [6.07, 6.45) is 2.43. The molecule has 0 spiro atoms. The van der Waals surface area contributed by atoms with E-state index in [4.69, 9.17) is 4.74 Å². The Morgan fingerprint density at radius 1 is 1.20 bits per heavy atom. The highest BCUT2D eigenvalue weighted by Crippen LogP contribution is 2.16. The zero-order valence-electron chi connectivity index (χ0n) is 11.6. The van der Waals surface area contributed by atoms with E-state index in [0.717, 1.165) is 49.2 Å². The molecule has 1 aromatic carbocycles. The monoisotopic (exact) mass is 340 g/mol. The topological polar surface area (TPSA) is 41.6 Å². The highest BCUT2D eigenvalue weighted by atomic mass is 79.9. The van der Waals surface area contributed by atoms with Crippen LogP contribution in [0.3, 0.4) is 0 Å². The minimum absolute atomic E-state index is 0.273. The predicted molar refractivity (Wildman–Crippen MR) is 82.9 cm³/mol. The molecule has 4 nitrogen and oxygen atoms in total. The van der Waals surface area contributed by atoms with Crippen LogP contribution < -0.4 is 10.1 Å². The third-order valence-electron chi connectivity index (χ3n) is 3.34. The summed E-state index contributed by atoms with van der Waals surface area (Å²) < 4.78 is 6.68. The maximum absolute atomic E-state index is 11.9. The molecule has 1 saturated heterocycles. The van der Waals surface area contributed by atoms with Gasteiger partial charge in [-0.05, 0) is 37.1 Å². The van der Waals surface area contributed by atoms with Gasteiger partial charge in [0.1, 0.15) is 5.75 Å². The average molecular weight is 341 g/mol. The molecule has 1 fully saturated rings. The van der Waals surface area contributed by atoms with Crippen molar-refractivity contribution in [2.75, 3.05) is 32.8 Å². The summed E-state index contributed by atoms with van der Waals surface area (Å²) in [4.78, 5) is 13.9. The lowest BCUT2D eigenvalue weighted by atomic mass is 10.2. The quantitative estimate of drug-likeness (QED) is 0.808. The molecular formula is C15H21BrN2O2. The van der Waals surface area contributed by atoms with E-state index in [0.29, 0.717) is 13.0 Å². The minimum Gasteiger partial charge on any atom is -0.494 e. The molecule has 1 aliphatic heterocycles. The van der Waals surface area contributed by atoms with Crippen LogP contribution in [0, 0.1) is 0 Å². The van der Waals surface area contributed by atoms with Crippen LogP contribution in [-0.2, 0) is 4.79 Å². The van der Waals surface area contributed by atoms with Crippen LogP contribution in [0.1, 0.15) is 19.3 Å². The van der Waals surface area contributed by atoms with Gasteiger partial charge in [-0.15, -0.1) is 0 Å². The summed E-state index contributed by atoms with van der Waals surface area (Å²) in [5, 5.41) is 3.25. The first kappa shape index (κ1) is 15.3. The fraction of sp³-hybridized carbons (Fsp3) is 0.533. The van der Waals surface area contributed by atoms with Crippen molar-refractivity contribution in [1.29, 1.82) is 0 Å². The Kier molecular flexibility index (Phi) is 6.33. The van der Waals surface area contributed by atoms with Crippen molar-refractivity contribution >= 4 is 21.8 Å². The standard InChI is InChI=1S/C15H21BrN2O2/c16-13-4-6-14(7-5-13)20-12-2-1-3-15(19)18-10-8-17-9-11-18/h4-7,17H,1-3,8-12H2. The zero-order valence-corrected chi connectivity index (χ0v) is 13.2. The predicted octanol–water partition coefficient (Wildman–Crippen LogP) is 2.43. The van der Waals surface area contributed by atoms with E-state index in [9.17, 15) is 4.79 Å². The molecule has 5 heteroatoms. The Labute approximate surface area is 128 Å². The van der Waals surface area contributed by atoms with Crippen LogP contribution in [-0.4, -0.2) is 43.6 Å². The molecule has 110 valence electrons. The lowest BCUT2D eigenvalue weighted by Gasteiger charge is -2.27. The highest BCUT2D eigenvalue weighted by Gasteiger charge is 2.15. The first-order valence-electron chi connectivity index (χ1n) is 7.12. The number of rotatable bonds is 6. The number of halogens is 1. The number of ether oxygens (including phenoxy) is 1. The maximum Gasteiger partial charge on any atom is 0.222 e. The van der Waals surface area contributed by atoms with Gasteiger partial charge in [0.15, 0.2) is 0 Å². The van der Waals surface area contributed by atoms with E-state index < -0.39 is 0 Å². The number of carbonyl (C=O) groups is 1. The van der Waals surface area contributed by atoms with Crippen LogP contribution in [0.5, 0.6) is 5.75 Å². The second kappa shape index (κ2) is 8.27. The molecule has 2 rings (SSSR count). The van der Waals surface area contributed by atoms with Crippen molar-refractivity contribution in [3.63, 3.8) is 0 Å². The van der Waals surface area contributed by atoms with Crippen molar-refractivity contribution in [3.05, 3.63) is 28.7 Å².